The van der Waals surface area contributed by atoms with Gasteiger partial charge in [0, 0.05) is 30.1 Å². The highest BCUT2D eigenvalue weighted by molar-refractivity contribution is 6.30. The van der Waals surface area contributed by atoms with Gasteiger partial charge in [-0.15, -0.1) is 0 Å². The van der Waals surface area contributed by atoms with E-state index in [0.29, 0.717) is 28.5 Å². The smallest absolute Gasteiger partial charge is 0.317 e. The van der Waals surface area contributed by atoms with Crippen molar-refractivity contribution >= 4 is 17.6 Å². The third-order valence-electron chi connectivity index (χ3n) is 7.31. The van der Waals surface area contributed by atoms with E-state index in [1.165, 1.54) is 19.3 Å². The van der Waals surface area contributed by atoms with Crippen LogP contribution in [0.25, 0.3) is 11.4 Å². The first-order valence-electron chi connectivity index (χ1n) is 11.3. The monoisotopic (exact) mass is 444 g/mol. The molecule has 1 unspecified atom stereocenters. The van der Waals surface area contributed by atoms with E-state index in [4.69, 9.17) is 20.9 Å². The van der Waals surface area contributed by atoms with Crippen LogP contribution in [0.15, 0.2) is 22.7 Å². The second-order valence-corrected chi connectivity index (χ2v) is 9.63. The van der Waals surface area contributed by atoms with Crippen LogP contribution in [0.4, 0.5) is 4.79 Å². The number of hydrogen-bond acceptors (Lipinski definition) is 5. The molecule has 166 valence electrons. The standard InChI is InChI=1S/C23H29ClN4O3/c1-30-19-8-7-15(24)13-17(19)20-26-21(31-27-20)18-14-23(18)9-11-28(12-10-23)22(29)25-16-5-3-2-4-6-16/h7-8,13,16,18H,2-6,9-12,14H2,1H3,(H,25,29). The highest BCUT2D eigenvalue weighted by Crippen LogP contribution is 2.64. The molecule has 2 heterocycles. The van der Waals surface area contributed by atoms with Crippen LogP contribution < -0.4 is 10.1 Å². The number of nitrogens with one attached hydrogen (secondary N) is 1. The number of methoxy groups -OCH3 is 1. The summed E-state index contributed by atoms with van der Waals surface area (Å²) in [7, 11) is 1.61. The van der Waals surface area contributed by atoms with Gasteiger partial charge in [-0.05, 0) is 55.7 Å². The molecule has 31 heavy (non-hydrogen) atoms. The van der Waals surface area contributed by atoms with Gasteiger partial charge in [-0.2, -0.15) is 4.98 Å². The number of nitrogens with zero attached hydrogens (tertiary/aromatic N) is 3. The molecule has 3 fully saturated rings. The van der Waals surface area contributed by atoms with Crippen molar-refractivity contribution in [3.8, 4) is 17.1 Å². The van der Waals surface area contributed by atoms with E-state index in [-0.39, 0.29) is 17.4 Å². The van der Waals surface area contributed by atoms with Gasteiger partial charge >= 0.3 is 6.03 Å². The van der Waals surface area contributed by atoms with E-state index in [1.54, 1.807) is 25.3 Å². The van der Waals surface area contributed by atoms with Gasteiger partial charge in [-0.3, -0.25) is 0 Å². The fraction of sp³-hybridized carbons (Fsp3) is 0.609. The summed E-state index contributed by atoms with van der Waals surface area (Å²) in [6.07, 6.45) is 8.97. The predicted octanol–water partition coefficient (Wildman–Crippen LogP) is 5.01. The zero-order valence-corrected chi connectivity index (χ0v) is 18.7. The fourth-order valence-electron chi connectivity index (χ4n) is 5.26. The van der Waals surface area contributed by atoms with Crippen LogP contribution in [0, 0.1) is 5.41 Å². The number of urea groups is 1. The Hall–Kier alpha value is -2.28. The SMILES string of the molecule is COc1ccc(Cl)cc1-c1noc(C2CC23CCN(C(=O)NC2CCCCC2)CC3)n1. The Morgan fingerprint density at radius 2 is 2.03 bits per heavy atom. The Kier molecular flexibility index (Phi) is 5.54. The Bertz CT molecular complexity index is 948. The van der Waals surface area contributed by atoms with Crippen molar-refractivity contribution in [3.05, 3.63) is 29.1 Å². The van der Waals surface area contributed by atoms with Crippen LogP contribution in [0.2, 0.25) is 5.02 Å². The minimum absolute atomic E-state index is 0.104. The number of ether oxygens (including phenoxy) is 1. The lowest BCUT2D eigenvalue weighted by molar-refractivity contribution is 0.156. The number of aromatic nitrogens is 2. The van der Waals surface area contributed by atoms with Gasteiger partial charge in [0.25, 0.3) is 0 Å². The van der Waals surface area contributed by atoms with Crippen LogP contribution in [0.5, 0.6) is 5.75 Å². The zero-order chi connectivity index (χ0) is 21.4. The summed E-state index contributed by atoms with van der Waals surface area (Å²) < 4.78 is 11.0. The highest BCUT2D eigenvalue weighted by atomic mass is 35.5. The van der Waals surface area contributed by atoms with Crippen molar-refractivity contribution in [2.24, 2.45) is 5.41 Å². The summed E-state index contributed by atoms with van der Waals surface area (Å²) in [5.74, 6) is 2.11. The molecular weight excluding hydrogens is 416 g/mol. The maximum atomic E-state index is 12.6. The maximum absolute atomic E-state index is 12.6. The summed E-state index contributed by atoms with van der Waals surface area (Å²) >= 11 is 6.14. The molecule has 1 saturated heterocycles. The highest BCUT2D eigenvalue weighted by Gasteiger charge is 2.58. The molecular formula is C23H29ClN4O3. The molecule has 1 aromatic carbocycles. The largest absolute Gasteiger partial charge is 0.496 e. The van der Waals surface area contributed by atoms with Crippen molar-refractivity contribution < 1.29 is 14.1 Å². The summed E-state index contributed by atoms with van der Waals surface area (Å²) in [6.45, 7) is 1.58. The predicted molar refractivity (Wildman–Crippen MR) is 117 cm³/mol. The third-order valence-corrected chi connectivity index (χ3v) is 7.55. The topological polar surface area (TPSA) is 80.5 Å². The normalized spacial score (nSPS) is 23.0. The van der Waals surface area contributed by atoms with E-state index in [2.05, 4.69) is 15.5 Å². The molecule has 1 aromatic heterocycles. The molecule has 2 aromatic rings. The molecule has 2 amide bonds. The molecule has 5 rings (SSSR count). The van der Waals surface area contributed by atoms with E-state index < -0.39 is 0 Å². The average Bonchev–Trinajstić information content (AvgIpc) is 3.26. The lowest BCUT2D eigenvalue weighted by Crippen LogP contribution is -2.48. The van der Waals surface area contributed by atoms with Gasteiger partial charge in [0.15, 0.2) is 0 Å². The molecule has 7 nitrogen and oxygen atoms in total. The molecule has 2 aliphatic carbocycles. The lowest BCUT2D eigenvalue weighted by Gasteiger charge is -2.34. The number of likely N-dealkylation sites (tertiary alicyclic amines) is 1. The van der Waals surface area contributed by atoms with Gasteiger partial charge < -0.3 is 19.5 Å². The van der Waals surface area contributed by atoms with Crippen LogP contribution >= 0.6 is 11.6 Å². The first-order chi connectivity index (χ1) is 15.1. The number of benzene rings is 1. The van der Waals surface area contributed by atoms with E-state index in [0.717, 1.165) is 50.8 Å². The second-order valence-electron chi connectivity index (χ2n) is 9.19. The molecule has 1 atom stereocenters. The first kappa shape index (κ1) is 20.6. The molecule has 2 saturated carbocycles. The first-order valence-corrected chi connectivity index (χ1v) is 11.7. The molecule has 0 bridgehead atoms. The number of carbonyl (C=O) groups is 1. The number of carbonyl (C=O) groups excluding carboxylic acids is 1. The molecule has 0 radical (unpaired) electrons. The van der Waals surface area contributed by atoms with Gasteiger partial charge in [-0.1, -0.05) is 36.0 Å². The van der Waals surface area contributed by atoms with Crippen molar-refractivity contribution in [3.63, 3.8) is 0 Å². The summed E-state index contributed by atoms with van der Waals surface area (Å²) in [5, 5.41) is 8.02. The van der Waals surface area contributed by atoms with E-state index in [1.807, 2.05) is 4.90 Å². The molecule has 1 aliphatic heterocycles. The van der Waals surface area contributed by atoms with Gasteiger partial charge in [-0.25, -0.2) is 4.79 Å². The fourth-order valence-corrected chi connectivity index (χ4v) is 5.43. The maximum Gasteiger partial charge on any atom is 0.317 e. The minimum Gasteiger partial charge on any atom is -0.496 e. The van der Waals surface area contributed by atoms with Crippen molar-refractivity contribution in [1.82, 2.24) is 20.4 Å². The van der Waals surface area contributed by atoms with Crippen LogP contribution in [-0.2, 0) is 0 Å². The Morgan fingerprint density at radius 1 is 1.26 bits per heavy atom. The van der Waals surface area contributed by atoms with Crippen LogP contribution in [0.3, 0.4) is 0 Å². The summed E-state index contributed by atoms with van der Waals surface area (Å²) in [6, 6.07) is 5.83. The number of hydrogen-bond donors (Lipinski definition) is 1. The lowest BCUT2D eigenvalue weighted by atomic mass is 9.91. The van der Waals surface area contributed by atoms with Gasteiger partial charge in [0.1, 0.15) is 5.75 Å². The molecule has 1 spiro atoms. The van der Waals surface area contributed by atoms with Crippen molar-refractivity contribution in [2.75, 3.05) is 20.2 Å². The third kappa shape index (κ3) is 4.12. The van der Waals surface area contributed by atoms with E-state index >= 15 is 0 Å². The van der Waals surface area contributed by atoms with E-state index in [9.17, 15) is 4.79 Å². The molecule has 1 N–H and O–H groups in total. The average molecular weight is 445 g/mol. The zero-order valence-electron chi connectivity index (χ0n) is 17.9. The summed E-state index contributed by atoms with van der Waals surface area (Å²) in [5.41, 5.74) is 0.915. The molecule has 8 heteroatoms. The molecule has 3 aliphatic rings. The minimum atomic E-state index is 0.104. The van der Waals surface area contributed by atoms with Crippen molar-refractivity contribution in [1.29, 1.82) is 0 Å². The number of amides is 2. The van der Waals surface area contributed by atoms with Crippen LogP contribution in [0.1, 0.15) is 63.2 Å². The second kappa shape index (κ2) is 8.34. The summed E-state index contributed by atoms with van der Waals surface area (Å²) in [4.78, 5) is 19.3. The van der Waals surface area contributed by atoms with Gasteiger partial charge in [0.2, 0.25) is 11.7 Å². The Balaban J connectivity index is 1.20. The Labute approximate surface area is 187 Å². The quantitative estimate of drug-likeness (QED) is 0.716. The number of halogens is 1. The van der Waals surface area contributed by atoms with Crippen LogP contribution in [-0.4, -0.2) is 47.3 Å². The number of piperidine rings is 1. The van der Waals surface area contributed by atoms with Gasteiger partial charge in [0.05, 0.1) is 12.7 Å². The van der Waals surface area contributed by atoms with Crippen molar-refractivity contribution in [2.45, 2.75) is 63.3 Å². The Morgan fingerprint density at radius 3 is 2.77 bits per heavy atom. The number of rotatable bonds is 4.